The summed E-state index contributed by atoms with van der Waals surface area (Å²) in [7, 11) is 0.943. The van der Waals surface area contributed by atoms with Crippen LogP contribution in [0.25, 0.3) is 11.3 Å². The Morgan fingerprint density at radius 2 is 1.85 bits per heavy atom. The van der Waals surface area contributed by atoms with E-state index >= 15 is 0 Å². The molecule has 6 rings (SSSR count). The summed E-state index contributed by atoms with van der Waals surface area (Å²) in [5.41, 5.74) is -0.104. The molecule has 0 bridgehead atoms. The highest BCUT2D eigenvalue weighted by atomic mass is 32.2. The molecule has 3 fully saturated rings. The van der Waals surface area contributed by atoms with Gasteiger partial charge in [-0.25, -0.2) is 8.42 Å². The quantitative estimate of drug-likeness (QED) is 0.400. The van der Waals surface area contributed by atoms with Crippen LogP contribution in [0, 0.1) is 17.8 Å². The normalized spacial score (nSPS) is 28.6. The lowest BCUT2D eigenvalue weighted by atomic mass is 9.93. The first-order chi connectivity index (χ1) is 22.5. The minimum absolute atomic E-state index is 0.0902. The number of sulfonamides is 1. The van der Waals surface area contributed by atoms with Crippen LogP contribution in [0.3, 0.4) is 0 Å². The van der Waals surface area contributed by atoms with Crippen LogP contribution >= 0.6 is 0 Å². The fourth-order valence-corrected chi connectivity index (χ4v) is 7.91. The third-order valence-electron chi connectivity index (χ3n) is 9.51. The monoisotopic (exact) mass is 667 g/mol. The number of hydrogen-bond donors (Lipinski definition) is 2. The van der Waals surface area contributed by atoms with E-state index in [1.54, 1.807) is 25.1 Å². The van der Waals surface area contributed by atoms with Gasteiger partial charge in [0.05, 0.1) is 37.0 Å². The van der Waals surface area contributed by atoms with E-state index in [0.717, 1.165) is 24.8 Å². The molecule has 3 saturated carbocycles. The number of benzene rings is 1. The van der Waals surface area contributed by atoms with Crippen molar-refractivity contribution in [3.05, 3.63) is 42.5 Å². The highest BCUT2D eigenvalue weighted by Crippen LogP contribution is 2.47. The second-order valence-electron chi connectivity index (χ2n) is 12.9. The highest BCUT2D eigenvalue weighted by molar-refractivity contribution is 7.91. The Labute approximate surface area is 274 Å². The molecular weight excluding hydrogens is 626 g/mol. The first-order valence-corrected chi connectivity index (χ1v) is 17.6. The van der Waals surface area contributed by atoms with Crippen molar-refractivity contribution in [2.24, 2.45) is 17.8 Å². The predicted molar refractivity (Wildman–Crippen MR) is 171 cm³/mol. The molecule has 1 aliphatic heterocycles. The molecular formula is C33H41N5O8S. The largest absolute Gasteiger partial charge is 0.497 e. The minimum atomic E-state index is -3.82. The molecule has 13 nitrogen and oxygen atoms in total. The summed E-state index contributed by atoms with van der Waals surface area (Å²) < 4.78 is 44.6. The Morgan fingerprint density at radius 1 is 1.06 bits per heavy atom. The SMILES string of the molecule is COc1cccc(-c2cc(O[C@@H]3C[C@H]4C(=O)N[C@@]5(C(=O)NS(=O)(=O)C6CC6)C[C@@H]5/C=C/CCCCN(C)C(=O)[C@@H]4C3)nc(OC)n2)c1. The van der Waals surface area contributed by atoms with Gasteiger partial charge >= 0.3 is 6.01 Å². The lowest BCUT2D eigenvalue weighted by Crippen LogP contribution is -2.54. The fourth-order valence-electron chi connectivity index (χ4n) is 6.55. The van der Waals surface area contributed by atoms with E-state index in [0.29, 0.717) is 30.8 Å². The lowest BCUT2D eigenvalue weighted by Gasteiger charge is -2.26. The predicted octanol–water partition coefficient (Wildman–Crippen LogP) is 2.62. The molecule has 47 heavy (non-hydrogen) atoms. The number of ether oxygens (including phenoxy) is 3. The number of hydrogen-bond acceptors (Lipinski definition) is 10. The molecule has 4 aliphatic rings. The zero-order valence-electron chi connectivity index (χ0n) is 26.8. The zero-order chi connectivity index (χ0) is 33.3. The van der Waals surface area contributed by atoms with Crippen molar-refractivity contribution in [1.82, 2.24) is 24.9 Å². The zero-order valence-corrected chi connectivity index (χ0v) is 27.6. The number of carbonyl (C=O) groups excluding carboxylic acids is 3. The Morgan fingerprint density at radius 3 is 2.60 bits per heavy atom. The van der Waals surface area contributed by atoms with Crippen LogP contribution in [0.2, 0.25) is 0 Å². The average molecular weight is 668 g/mol. The summed E-state index contributed by atoms with van der Waals surface area (Å²) in [6.07, 6.45) is 7.39. The van der Waals surface area contributed by atoms with Crippen LogP contribution in [-0.2, 0) is 24.4 Å². The maximum Gasteiger partial charge on any atom is 0.320 e. The Kier molecular flexibility index (Phi) is 9.14. The van der Waals surface area contributed by atoms with E-state index in [4.69, 9.17) is 14.2 Å². The van der Waals surface area contributed by atoms with E-state index < -0.39 is 50.6 Å². The van der Waals surface area contributed by atoms with Gasteiger partial charge in [-0.1, -0.05) is 24.3 Å². The summed E-state index contributed by atoms with van der Waals surface area (Å²) in [6, 6.07) is 9.11. The van der Waals surface area contributed by atoms with Gasteiger partial charge in [-0.3, -0.25) is 19.1 Å². The number of allylic oxidation sites excluding steroid dienone is 1. The van der Waals surface area contributed by atoms with Crippen LogP contribution < -0.4 is 24.2 Å². The van der Waals surface area contributed by atoms with Crippen LogP contribution in [0.15, 0.2) is 42.5 Å². The number of rotatable bonds is 8. The van der Waals surface area contributed by atoms with E-state index in [2.05, 4.69) is 20.0 Å². The van der Waals surface area contributed by atoms with Crippen LogP contribution in [0.1, 0.15) is 51.4 Å². The van der Waals surface area contributed by atoms with E-state index in [-0.39, 0.29) is 43.0 Å². The van der Waals surface area contributed by atoms with Crippen LogP contribution in [0.4, 0.5) is 0 Å². The first kappa shape index (κ1) is 32.7. The third kappa shape index (κ3) is 7.07. The third-order valence-corrected chi connectivity index (χ3v) is 11.3. The number of nitrogens with one attached hydrogen (secondary N) is 2. The molecule has 1 aromatic heterocycles. The minimum Gasteiger partial charge on any atom is -0.497 e. The van der Waals surface area contributed by atoms with Gasteiger partial charge in [-0.15, -0.1) is 0 Å². The summed E-state index contributed by atoms with van der Waals surface area (Å²) in [5.74, 6) is -2.39. The van der Waals surface area contributed by atoms with Gasteiger partial charge in [0.15, 0.2) is 0 Å². The highest BCUT2D eigenvalue weighted by Gasteiger charge is 2.62. The molecule has 0 saturated heterocycles. The Hall–Kier alpha value is -4.20. The van der Waals surface area contributed by atoms with Crippen molar-refractivity contribution in [2.75, 3.05) is 27.8 Å². The van der Waals surface area contributed by atoms with Crippen molar-refractivity contribution >= 4 is 27.7 Å². The molecule has 0 spiro atoms. The summed E-state index contributed by atoms with van der Waals surface area (Å²) in [5, 5.41) is 2.32. The number of amides is 3. The maximum atomic E-state index is 14.0. The van der Waals surface area contributed by atoms with Crippen LogP contribution in [-0.4, -0.2) is 85.7 Å². The molecule has 5 atom stereocenters. The van der Waals surface area contributed by atoms with Gasteiger partial charge in [0.2, 0.25) is 27.7 Å². The second-order valence-corrected chi connectivity index (χ2v) is 14.8. The van der Waals surface area contributed by atoms with E-state index in [9.17, 15) is 22.8 Å². The van der Waals surface area contributed by atoms with Crippen LogP contribution in [0.5, 0.6) is 17.6 Å². The number of fused-ring (bicyclic) bond motifs is 2. The summed E-state index contributed by atoms with van der Waals surface area (Å²) in [6.45, 7) is 0.546. The van der Waals surface area contributed by atoms with Gasteiger partial charge < -0.3 is 24.4 Å². The second kappa shape index (κ2) is 13.1. The smallest absolute Gasteiger partial charge is 0.320 e. The van der Waals surface area contributed by atoms with Crippen molar-refractivity contribution < 1.29 is 37.0 Å². The standard InChI is InChI=1S/C33H41N5O8S/c1-38-14-7-5-4-6-10-21-19-33(21,31(41)37-47(42,43)24-12-13-24)36-29(39)25-16-23(17-26(25)30(38)40)46-28-18-27(34-32(35-28)45-3)20-9-8-11-22(15-20)44-2/h6,8-11,15,18,21,23-26H,4-5,7,12-14,16-17,19H2,1-3H3,(H,36,39)(H,37,41)/b10-6+/t21-,23+,25+,26+,33-/m0/s1. The molecule has 0 unspecified atom stereocenters. The lowest BCUT2D eigenvalue weighted by molar-refractivity contribution is -0.140. The molecule has 3 amide bonds. The number of carbonyl (C=O) groups is 3. The molecule has 14 heteroatoms. The summed E-state index contributed by atoms with van der Waals surface area (Å²) >= 11 is 0. The van der Waals surface area contributed by atoms with Crippen molar-refractivity contribution in [1.29, 1.82) is 0 Å². The molecule has 0 radical (unpaired) electrons. The average Bonchev–Trinajstić information content (AvgIpc) is 3.99. The fraction of sp³-hybridized carbons (Fsp3) is 0.545. The van der Waals surface area contributed by atoms with Crippen molar-refractivity contribution in [2.45, 2.75) is 68.3 Å². The molecule has 2 heterocycles. The van der Waals surface area contributed by atoms with Gasteiger partial charge in [0, 0.05) is 31.1 Å². The maximum absolute atomic E-state index is 14.0. The van der Waals surface area contributed by atoms with E-state index in [1.165, 1.54) is 7.11 Å². The summed E-state index contributed by atoms with van der Waals surface area (Å²) in [4.78, 5) is 51.8. The molecule has 3 aliphatic carbocycles. The molecule has 1 aromatic carbocycles. The Bertz CT molecular complexity index is 1680. The molecule has 2 aromatic rings. The van der Waals surface area contributed by atoms with Gasteiger partial charge in [-0.2, -0.15) is 9.97 Å². The van der Waals surface area contributed by atoms with Gasteiger partial charge in [0.1, 0.15) is 17.4 Å². The Balaban J connectivity index is 1.26. The van der Waals surface area contributed by atoms with Crippen molar-refractivity contribution in [3.63, 3.8) is 0 Å². The molecule has 2 N–H and O–H groups in total. The van der Waals surface area contributed by atoms with E-state index in [1.807, 2.05) is 36.4 Å². The van der Waals surface area contributed by atoms with Gasteiger partial charge in [-0.05, 0) is 63.5 Å². The van der Waals surface area contributed by atoms with Crippen molar-refractivity contribution in [3.8, 4) is 28.9 Å². The topological polar surface area (TPSA) is 166 Å². The van der Waals surface area contributed by atoms with Gasteiger partial charge in [0.25, 0.3) is 5.91 Å². The number of methoxy groups -OCH3 is 2. The number of aromatic nitrogens is 2. The first-order valence-electron chi connectivity index (χ1n) is 16.1. The number of nitrogens with zero attached hydrogens (tertiary/aromatic N) is 3. The molecule has 252 valence electrons.